The largest absolute Gasteiger partial charge is 0.324 e. The van der Waals surface area contributed by atoms with E-state index in [0.717, 1.165) is 11.3 Å². The number of hydrogen-bond acceptors (Lipinski definition) is 2. The minimum absolute atomic E-state index is 0.0361. The molecule has 0 bridgehead atoms. The van der Waals surface area contributed by atoms with Gasteiger partial charge in [-0.2, -0.15) is 5.26 Å². The molecule has 1 aromatic carbocycles. The first-order valence-electron chi connectivity index (χ1n) is 6.43. The van der Waals surface area contributed by atoms with Crippen molar-refractivity contribution in [3.63, 3.8) is 0 Å². The Balaban J connectivity index is 2.29. The Morgan fingerprint density at radius 2 is 2.06 bits per heavy atom. The van der Waals surface area contributed by atoms with Crippen LogP contribution in [0.25, 0.3) is 11.0 Å². The van der Waals surface area contributed by atoms with E-state index >= 15 is 0 Å². The van der Waals surface area contributed by atoms with Crippen LogP contribution in [0.5, 0.6) is 0 Å². The van der Waals surface area contributed by atoms with Crippen LogP contribution in [0.2, 0.25) is 0 Å². The molecule has 92 valence electrons. The molecule has 3 rings (SSSR count). The second kappa shape index (κ2) is 3.58. The molecular formula is C15H17N3. The zero-order valence-electron chi connectivity index (χ0n) is 11.1. The van der Waals surface area contributed by atoms with Gasteiger partial charge in [-0.05, 0) is 31.0 Å². The van der Waals surface area contributed by atoms with Gasteiger partial charge in [0.05, 0.1) is 22.7 Å². The maximum absolute atomic E-state index is 8.97. The summed E-state index contributed by atoms with van der Waals surface area (Å²) >= 11 is 0. The summed E-state index contributed by atoms with van der Waals surface area (Å²) in [5.74, 6) is 1.13. The molecular weight excluding hydrogens is 222 g/mol. The fraction of sp³-hybridized carbons (Fsp3) is 0.467. The van der Waals surface area contributed by atoms with Gasteiger partial charge in [0.2, 0.25) is 0 Å². The summed E-state index contributed by atoms with van der Waals surface area (Å²) in [6.45, 7) is 6.58. The van der Waals surface area contributed by atoms with Gasteiger partial charge in [0, 0.05) is 11.5 Å². The zero-order valence-corrected chi connectivity index (χ0v) is 11.1. The van der Waals surface area contributed by atoms with Crippen molar-refractivity contribution in [2.75, 3.05) is 0 Å². The highest BCUT2D eigenvalue weighted by Crippen LogP contribution is 2.41. The molecule has 0 saturated heterocycles. The quantitative estimate of drug-likeness (QED) is 0.763. The van der Waals surface area contributed by atoms with Gasteiger partial charge < -0.3 is 4.57 Å². The van der Waals surface area contributed by atoms with Crippen molar-refractivity contribution < 1.29 is 0 Å². The normalized spacial score (nSPS) is 15.9. The van der Waals surface area contributed by atoms with Crippen molar-refractivity contribution in [1.29, 1.82) is 5.26 Å². The number of rotatable bonds is 1. The lowest BCUT2D eigenvalue weighted by Gasteiger charge is -2.19. The lowest BCUT2D eigenvalue weighted by Crippen LogP contribution is -2.18. The number of fused-ring (bicyclic) bond motifs is 1. The molecule has 0 N–H and O–H groups in total. The second-order valence-electron chi connectivity index (χ2n) is 6.10. The average molecular weight is 239 g/mol. The summed E-state index contributed by atoms with van der Waals surface area (Å²) in [7, 11) is 0. The molecule has 1 saturated carbocycles. The molecule has 18 heavy (non-hydrogen) atoms. The Kier molecular flexibility index (Phi) is 2.25. The molecule has 0 aliphatic heterocycles. The van der Waals surface area contributed by atoms with Crippen LogP contribution in [-0.2, 0) is 5.41 Å². The third kappa shape index (κ3) is 1.69. The van der Waals surface area contributed by atoms with Crippen molar-refractivity contribution >= 4 is 11.0 Å². The number of imidazole rings is 1. The fourth-order valence-corrected chi connectivity index (χ4v) is 2.40. The summed E-state index contributed by atoms with van der Waals surface area (Å²) in [6.07, 6.45) is 2.49. The summed E-state index contributed by atoms with van der Waals surface area (Å²) in [6, 6.07) is 8.60. The minimum atomic E-state index is 0.0361. The Hall–Kier alpha value is -1.82. The molecule has 3 heteroatoms. The van der Waals surface area contributed by atoms with E-state index in [1.165, 1.54) is 18.4 Å². The maximum Gasteiger partial charge on any atom is 0.115 e. The maximum atomic E-state index is 8.97. The van der Waals surface area contributed by atoms with Crippen molar-refractivity contribution in [3.05, 3.63) is 29.6 Å². The molecule has 0 spiro atoms. The van der Waals surface area contributed by atoms with E-state index in [0.29, 0.717) is 11.6 Å². The lowest BCUT2D eigenvalue weighted by atomic mass is 9.95. The summed E-state index contributed by atoms with van der Waals surface area (Å²) in [5.41, 5.74) is 2.84. The van der Waals surface area contributed by atoms with E-state index in [4.69, 9.17) is 10.2 Å². The van der Waals surface area contributed by atoms with Gasteiger partial charge in [-0.1, -0.05) is 20.8 Å². The van der Waals surface area contributed by atoms with Crippen LogP contribution in [0.3, 0.4) is 0 Å². The van der Waals surface area contributed by atoms with E-state index < -0.39 is 0 Å². The van der Waals surface area contributed by atoms with E-state index in [-0.39, 0.29) is 5.41 Å². The average Bonchev–Trinajstić information content (AvgIpc) is 3.07. The van der Waals surface area contributed by atoms with E-state index in [1.807, 2.05) is 18.2 Å². The monoisotopic (exact) mass is 239 g/mol. The first kappa shape index (κ1) is 11.3. The molecule has 1 aromatic heterocycles. The first-order valence-corrected chi connectivity index (χ1v) is 6.43. The van der Waals surface area contributed by atoms with Gasteiger partial charge >= 0.3 is 0 Å². The highest BCUT2D eigenvalue weighted by Gasteiger charge is 2.32. The first-order chi connectivity index (χ1) is 8.50. The smallest absolute Gasteiger partial charge is 0.115 e. The molecule has 0 amide bonds. The third-order valence-corrected chi connectivity index (χ3v) is 3.40. The number of aromatic nitrogens is 2. The van der Waals surface area contributed by atoms with E-state index in [2.05, 4.69) is 31.4 Å². The Morgan fingerprint density at radius 3 is 2.61 bits per heavy atom. The molecule has 2 aromatic rings. The molecule has 3 nitrogen and oxygen atoms in total. The number of benzene rings is 1. The van der Waals surface area contributed by atoms with Gasteiger partial charge in [-0.3, -0.25) is 0 Å². The molecule has 1 fully saturated rings. The van der Waals surface area contributed by atoms with Gasteiger partial charge in [0.15, 0.2) is 0 Å². The SMILES string of the molecule is CC(C)(C)c1nc2cc(C#N)ccc2n1C1CC1. The van der Waals surface area contributed by atoms with Crippen LogP contribution in [0.4, 0.5) is 0 Å². The van der Waals surface area contributed by atoms with Gasteiger partial charge in [0.25, 0.3) is 0 Å². The van der Waals surface area contributed by atoms with E-state index in [9.17, 15) is 0 Å². The third-order valence-electron chi connectivity index (χ3n) is 3.40. The number of nitriles is 1. The molecule has 0 unspecified atom stereocenters. The summed E-state index contributed by atoms with van der Waals surface area (Å²) < 4.78 is 2.37. The second-order valence-corrected chi connectivity index (χ2v) is 6.10. The predicted octanol–water partition coefficient (Wildman–Crippen LogP) is 3.54. The molecule has 1 aliphatic carbocycles. The van der Waals surface area contributed by atoms with Gasteiger partial charge in [-0.15, -0.1) is 0 Å². The van der Waals surface area contributed by atoms with Crippen molar-refractivity contribution in [2.24, 2.45) is 0 Å². The van der Waals surface area contributed by atoms with Crippen LogP contribution in [0.1, 0.15) is 51.0 Å². The van der Waals surface area contributed by atoms with Crippen molar-refractivity contribution in [1.82, 2.24) is 9.55 Å². The van der Waals surface area contributed by atoms with Crippen LogP contribution in [0, 0.1) is 11.3 Å². The molecule has 1 heterocycles. The Morgan fingerprint density at radius 1 is 1.33 bits per heavy atom. The van der Waals surface area contributed by atoms with Gasteiger partial charge in [0.1, 0.15) is 5.82 Å². The van der Waals surface area contributed by atoms with Crippen molar-refractivity contribution in [2.45, 2.75) is 45.1 Å². The lowest BCUT2D eigenvalue weighted by molar-refractivity contribution is 0.507. The van der Waals surface area contributed by atoms with Crippen LogP contribution >= 0.6 is 0 Å². The number of hydrogen-bond donors (Lipinski definition) is 0. The Bertz CT molecular complexity index is 649. The molecule has 1 aliphatic rings. The van der Waals surface area contributed by atoms with E-state index in [1.54, 1.807) is 0 Å². The summed E-state index contributed by atoms with van der Waals surface area (Å²) in [4.78, 5) is 4.77. The predicted molar refractivity (Wildman–Crippen MR) is 71.4 cm³/mol. The van der Waals surface area contributed by atoms with Crippen LogP contribution < -0.4 is 0 Å². The van der Waals surface area contributed by atoms with Crippen LogP contribution in [-0.4, -0.2) is 9.55 Å². The molecule has 0 radical (unpaired) electrons. The molecule has 0 atom stereocenters. The highest BCUT2D eigenvalue weighted by atomic mass is 15.1. The standard InChI is InChI=1S/C15H17N3/c1-15(2,3)14-17-12-8-10(9-16)4-7-13(12)18(14)11-5-6-11/h4,7-8,11H,5-6H2,1-3H3. The van der Waals surface area contributed by atoms with Crippen LogP contribution in [0.15, 0.2) is 18.2 Å². The highest BCUT2D eigenvalue weighted by molar-refractivity contribution is 5.78. The van der Waals surface area contributed by atoms with Crippen molar-refractivity contribution in [3.8, 4) is 6.07 Å². The zero-order chi connectivity index (χ0) is 12.9. The van der Waals surface area contributed by atoms with Gasteiger partial charge in [-0.25, -0.2) is 4.98 Å². The minimum Gasteiger partial charge on any atom is -0.324 e. The summed E-state index contributed by atoms with van der Waals surface area (Å²) in [5, 5.41) is 8.97. The Labute approximate surface area is 107 Å². The topological polar surface area (TPSA) is 41.6 Å². The number of nitrogens with zero attached hydrogens (tertiary/aromatic N) is 3. The fourth-order valence-electron chi connectivity index (χ4n) is 2.40.